The van der Waals surface area contributed by atoms with E-state index >= 15 is 0 Å². The number of rotatable bonds is 9. The highest BCUT2D eigenvalue weighted by Gasteiger charge is 2.51. The fraction of sp³-hybridized carbons (Fsp3) is 0.458. The van der Waals surface area contributed by atoms with Gasteiger partial charge in [-0.05, 0) is 50.6 Å². The Morgan fingerprint density at radius 3 is 2.27 bits per heavy atom. The maximum absolute atomic E-state index is 14.1. The lowest BCUT2D eigenvalue weighted by Gasteiger charge is -2.45. The summed E-state index contributed by atoms with van der Waals surface area (Å²) in [7, 11) is 0.891. The van der Waals surface area contributed by atoms with Gasteiger partial charge >= 0.3 is 0 Å². The molecular formula is C24H34N4O4S. The predicted molar refractivity (Wildman–Crippen MR) is 129 cm³/mol. The number of benzene rings is 2. The van der Waals surface area contributed by atoms with E-state index in [1.807, 2.05) is 30.3 Å². The lowest BCUT2D eigenvalue weighted by molar-refractivity contribution is 0.0903. The molecule has 3 rings (SSSR count). The number of para-hydroxylation sites is 1. The summed E-state index contributed by atoms with van der Waals surface area (Å²) in [6.07, 6.45) is 1.14. The second-order valence-electron chi connectivity index (χ2n) is 8.36. The van der Waals surface area contributed by atoms with Crippen LogP contribution < -0.4 is 15.4 Å². The van der Waals surface area contributed by atoms with E-state index in [1.165, 1.54) is 11.5 Å². The van der Waals surface area contributed by atoms with E-state index in [4.69, 9.17) is 4.74 Å². The minimum Gasteiger partial charge on any atom is -0.496 e. The van der Waals surface area contributed by atoms with Gasteiger partial charge < -0.3 is 15.4 Å². The van der Waals surface area contributed by atoms with Crippen molar-refractivity contribution in [2.75, 3.05) is 40.8 Å². The number of hydrogen-bond acceptors (Lipinski definition) is 6. The molecular weight excluding hydrogens is 440 g/mol. The molecule has 9 heteroatoms. The fourth-order valence-corrected chi connectivity index (χ4v) is 6.94. The summed E-state index contributed by atoms with van der Waals surface area (Å²) in [5.74, 6) is -0.0881. The van der Waals surface area contributed by atoms with Crippen molar-refractivity contribution in [2.45, 2.75) is 30.6 Å². The van der Waals surface area contributed by atoms with E-state index in [9.17, 15) is 13.2 Å². The van der Waals surface area contributed by atoms with Gasteiger partial charge in [-0.15, -0.1) is 4.41 Å². The van der Waals surface area contributed by atoms with Crippen molar-refractivity contribution in [3.63, 3.8) is 0 Å². The molecule has 0 spiro atoms. The van der Waals surface area contributed by atoms with Crippen molar-refractivity contribution in [1.82, 2.24) is 20.1 Å². The van der Waals surface area contributed by atoms with Crippen molar-refractivity contribution in [1.29, 1.82) is 0 Å². The van der Waals surface area contributed by atoms with Crippen LogP contribution in [0.4, 0.5) is 0 Å². The molecule has 1 fully saturated rings. The van der Waals surface area contributed by atoms with Gasteiger partial charge in [0.2, 0.25) is 10.0 Å². The molecule has 2 aromatic rings. The number of nitrogens with one attached hydrogen (secondary N) is 2. The number of carbonyl (C=O) groups excluding carboxylic acids is 1. The number of hydrogen-bond donors (Lipinski definition) is 2. The summed E-state index contributed by atoms with van der Waals surface area (Å²) < 4.78 is 34.9. The summed E-state index contributed by atoms with van der Waals surface area (Å²) >= 11 is 0. The van der Waals surface area contributed by atoms with Gasteiger partial charge in [0.05, 0.1) is 12.7 Å². The lowest BCUT2D eigenvalue weighted by atomic mass is 9.72. The Hall–Kier alpha value is -2.46. The Kier molecular flexibility index (Phi) is 8.12. The summed E-state index contributed by atoms with van der Waals surface area (Å²) in [5, 5.41) is 6.64. The van der Waals surface area contributed by atoms with Crippen LogP contribution in [-0.2, 0) is 15.4 Å². The maximum Gasteiger partial charge on any atom is 0.256 e. The Morgan fingerprint density at radius 1 is 1.09 bits per heavy atom. The monoisotopic (exact) mass is 474 g/mol. The van der Waals surface area contributed by atoms with Crippen LogP contribution in [0, 0.1) is 0 Å². The van der Waals surface area contributed by atoms with Crippen LogP contribution in [0.2, 0.25) is 0 Å². The fourth-order valence-electron chi connectivity index (χ4n) is 4.68. The highest BCUT2D eigenvalue weighted by molar-refractivity contribution is 7.89. The van der Waals surface area contributed by atoms with Crippen molar-refractivity contribution < 1.29 is 17.9 Å². The number of piperidine rings is 1. The normalized spacial score (nSPS) is 17.0. The molecule has 1 unspecified atom stereocenters. The Labute approximate surface area is 196 Å². The largest absolute Gasteiger partial charge is 0.496 e. The number of hydrazine groups is 1. The lowest BCUT2D eigenvalue weighted by Crippen LogP contribution is -2.62. The topological polar surface area (TPSA) is 91.0 Å². The molecule has 2 N–H and O–H groups in total. The van der Waals surface area contributed by atoms with Crippen molar-refractivity contribution in [2.24, 2.45) is 0 Å². The first kappa shape index (κ1) is 25.2. The van der Waals surface area contributed by atoms with Gasteiger partial charge in [0.1, 0.15) is 5.75 Å². The van der Waals surface area contributed by atoms with E-state index in [-0.39, 0.29) is 6.54 Å². The molecule has 0 aromatic heterocycles. The zero-order valence-electron chi connectivity index (χ0n) is 19.7. The zero-order chi connectivity index (χ0) is 24.1. The van der Waals surface area contributed by atoms with E-state index in [0.29, 0.717) is 37.2 Å². The number of nitrogens with zero attached hydrogens (tertiary/aromatic N) is 2. The third-order valence-electron chi connectivity index (χ3n) is 6.27. The highest BCUT2D eigenvalue weighted by atomic mass is 32.2. The minimum absolute atomic E-state index is 0.249. The summed E-state index contributed by atoms with van der Waals surface area (Å²) in [6, 6.07) is 16.5. The second kappa shape index (κ2) is 10.6. The van der Waals surface area contributed by atoms with Gasteiger partial charge in [-0.1, -0.05) is 42.5 Å². The van der Waals surface area contributed by atoms with Gasteiger partial charge in [0.25, 0.3) is 5.91 Å². The number of sulfonamides is 1. The number of carbonyl (C=O) groups is 1. The molecule has 0 radical (unpaired) electrons. The predicted octanol–water partition coefficient (Wildman–Crippen LogP) is 2.20. The summed E-state index contributed by atoms with van der Waals surface area (Å²) in [4.78, 5) is 13.5. The average Bonchev–Trinajstić information content (AvgIpc) is 2.83. The van der Waals surface area contributed by atoms with Gasteiger partial charge in [0.15, 0.2) is 5.37 Å². The molecule has 33 heavy (non-hydrogen) atoms. The first-order valence-corrected chi connectivity index (χ1v) is 12.7. The molecule has 8 nitrogen and oxygen atoms in total. The third kappa shape index (κ3) is 5.06. The minimum atomic E-state index is -3.98. The molecule has 0 saturated carbocycles. The maximum atomic E-state index is 14.1. The third-order valence-corrected chi connectivity index (χ3v) is 8.61. The van der Waals surface area contributed by atoms with Crippen LogP contribution in [0.3, 0.4) is 0 Å². The second-order valence-corrected chi connectivity index (χ2v) is 10.3. The molecule has 1 atom stereocenters. The van der Waals surface area contributed by atoms with E-state index in [0.717, 1.165) is 5.56 Å². The molecule has 0 bridgehead atoms. The Bertz CT molecular complexity index is 1040. The molecule has 1 aliphatic heterocycles. The first-order chi connectivity index (χ1) is 15.8. The first-order valence-electron chi connectivity index (χ1n) is 11.2. The van der Waals surface area contributed by atoms with Gasteiger partial charge in [0, 0.05) is 26.1 Å². The number of methoxy groups -OCH3 is 1. The van der Waals surface area contributed by atoms with Crippen LogP contribution in [-0.4, -0.2) is 70.0 Å². The van der Waals surface area contributed by atoms with Crippen LogP contribution >= 0.6 is 0 Å². The van der Waals surface area contributed by atoms with Crippen LogP contribution in [0.15, 0.2) is 54.6 Å². The van der Waals surface area contributed by atoms with E-state index in [2.05, 4.69) is 10.6 Å². The summed E-state index contributed by atoms with van der Waals surface area (Å²) in [6.45, 7) is 3.34. The van der Waals surface area contributed by atoms with Gasteiger partial charge in [-0.3, -0.25) is 4.79 Å². The van der Waals surface area contributed by atoms with E-state index in [1.54, 1.807) is 50.3 Å². The number of ether oxygens (including phenoxy) is 1. The molecule has 1 saturated heterocycles. The van der Waals surface area contributed by atoms with E-state index < -0.39 is 26.7 Å². The van der Waals surface area contributed by atoms with Crippen molar-refractivity contribution >= 4 is 15.9 Å². The SMILES string of the molecule is CCN(N(C)C)S(=O)(=O)C(NC(=O)c1ccccc1OC)C1(c2ccccc2)CCNCC1. The zero-order valence-corrected chi connectivity index (χ0v) is 20.6. The van der Waals surface area contributed by atoms with Crippen LogP contribution in [0.5, 0.6) is 5.75 Å². The van der Waals surface area contributed by atoms with Crippen molar-refractivity contribution in [3.05, 3.63) is 65.7 Å². The van der Waals surface area contributed by atoms with Crippen LogP contribution in [0.1, 0.15) is 35.7 Å². The highest BCUT2D eigenvalue weighted by Crippen LogP contribution is 2.40. The standard InChI is InChI=1S/C24H34N4O4S/c1-5-28(27(2)3)33(30,31)23(26-22(29)20-13-9-10-14-21(20)32-4)24(15-17-25-18-16-24)19-11-7-6-8-12-19/h6-14,23,25H,5,15-18H2,1-4H3,(H,26,29). The van der Waals surface area contributed by atoms with Gasteiger partial charge in [-0.2, -0.15) is 0 Å². The van der Waals surface area contributed by atoms with Crippen LogP contribution in [0.25, 0.3) is 0 Å². The molecule has 1 amide bonds. The molecule has 1 aliphatic rings. The Balaban J connectivity index is 2.17. The molecule has 1 heterocycles. The summed E-state index contributed by atoms with van der Waals surface area (Å²) in [5.41, 5.74) is 0.396. The smallest absolute Gasteiger partial charge is 0.256 e. The quantitative estimate of drug-likeness (QED) is 0.542. The molecule has 0 aliphatic carbocycles. The molecule has 180 valence electrons. The molecule has 2 aromatic carbocycles. The van der Waals surface area contributed by atoms with Gasteiger partial charge in [-0.25, -0.2) is 13.4 Å². The van der Waals surface area contributed by atoms with Crippen molar-refractivity contribution in [3.8, 4) is 5.75 Å². The Morgan fingerprint density at radius 2 is 1.70 bits per heavy atom. The average molecular weight is 475 g/mol. The number of amides is 1.